The van der Waals surface area contributed by atoms with Gasteiger partial charge in [-0.15, -0.1) is 10.2 Å². The third-order valence-electron chi connectivity index (χ3n) is 3.28. The zero-order chi connectivity index (χ0) is 14.7. The standard InChI is InChI=1S/C14H15N5O2/c1-10(11-5-6-15-9-16-11)19(2)8-13-17-18-14(21-13)12-4-3-7-20-12/h3-7,9-10H,8H2,1-2H3. The van der Waals surface area contributed by atoms with Crippen molar-refractivity contribution in [2.75, 3.05) is 7.05 Å². The summed E-state index contributed by atoms with van der Waals surface area (Å²) in [5, 5.41) is 8.02. The van der Waals surface area contributed by atoms with Gasteiger partial charge in [0.1, 0.15) is 6.33 Å². The highest BCUT2D eigenvalue weighted by atomic mass is 16.4. The molecule has 0 radical (unpaired) electrons. The van der Waals surface area contributed by atoms with E-state index in [-0.39, 0.29) is 6.04 Å². The van der Waals surface area contributed by atoms with Gasteiger partial charge >= 0.3 is 0 Å². The molecule has 3 heterocycles. The van der Waals surface area contributed by atoms with Crippen molar-refractivity contribution in [3.8, 4) is 11.7 Å². The quantitative estimate of drug-likeness (QED) is 0.711. The second kappa shape index (κ2) is 5.84. The summed E-state index contributed by atoms with van der Waals surface area (Å²) in [4.78, 5) is 10.2. The van der Waals surface area contributed by atoms with E-state index in [1.54, 1.807) is 30.9 Å². The smallest absolute Gasteiger partial charge is 0.283 e. The maximum Gasteiger partial charge on any atom is 0.283 e. The van der Waals surface area contributed by atoms with Crippen LogP contribution in [0.3, 0.4) is 0 Å². The first-order chi connectivity index (χ1) is 10.2. The fourth-order valence-electron chi connectivity index (χ4n) is 1.94. The summed E-state index contributed by atoms with van der Waals surface area (Å²) in [6, 6.07) is 5.57. The van der Waals surface area contributed by atoms with E-state index in [1.807, 2.05) is 13.1 Å². The Morgan fingerprint density at radius 1 is 1.29 bits per heavy atom. The van der Waals surface area contributed by atoms with Crippen molar-refractivity contribution in [2.24, 2.45) is 0 Å². The molecule has 0 bridgehead atoms. The Kier molecular flexibility index (Phi) is 3.74. The van der Waals surface area contributed by atoms with E-state index in [9.17, 15) is 0 Å². The van der Waals surface area contributed by atoms with Gasteiger partial charge in [0.25, 0.3) is 5.89 Å². The van der Waals surface area contributed by atoms with E-state index >= 15 is 0 Å². The Hall–Kier alpha value is -2.54. The first-order valence-electron chi connectivity index (χ1n) is 6.56. The Balaban J connectivity index is 1.69. The number of hydrogen-bond acceptors (Lipinski definition) is 7. The molecule has 0 amide bonds. The summed E-state index contributed by atoms with van der Waals surface area (Å²) in [6.45, 7) is 2.59. The van der Waals surface area contributed by atoms with Crippen molar-refractivity contribution in [1.82, 2.24) is 25.1 Å². The van der Waals surface area contributed by atoms with E-state index in [0.29, 0.717) is 24.1 Å². The van der Waals surface area contributed by atoms with E-state index in [2.05, 4.69) is 32.0 Å². The predicted molar refractivity (Wildman–Crippen MR) is 73.9 cm³/mol. The third kappa shape index (κ3) is 2.97. The molecule has 3 aromatic heterocycles. The summed E-state index contributed by atoms with van der Waals surface area (Å²) in [5.41, 5.74) is 0.943. The largest absolute Gasteiger partial charge is 0.459 e. The van der Waals surface area contributed by atoms with Crippen LogP contribution in [0.15, 0.2) is 45.8 Å². The Morgan fingerprint density at radius 2 is 2.19 bits per heavy atom. The monoisotopic (exact) mass is 285 g/mol. The van der Waals surface area contributed by atoms with Crippen LogP contribution in [0.1, 0.15) is 24.6 Å². The maximum absolute atomic E-state index is 5.59. The molecule has 3 rings (SSSR count). The number of rotatable bonds is 5. The van der Waals surface area contributed by atoms with Crippen LogP contribution in [0.25, 0.3) is 11.7 Å². The fraction of sp³-hybridized carbons (Fsp3) is 0.286. The van der Waals surface area contributed by atoms with Gasteiger partial charge in [0.15, 0.2) is 5.76 Å². The zero-order valence-electron chi connectivity index (χ0n) is 11.8. The van der Waals surface area contributed by atoms with Crippen LogP contribution in [0.4, 0.5) is 0 Å². The number of nitrogens with zero attached hydrogens (tertiary/aromatic N) is 5. The molecule has 0 saturated heterocycles. The maximum atomic E-state index is 5.59. The van der Waals surface area contributed by atoms with Crippen LogP contribution in [0.5, 0.6) is 0 Å². The lowest BCUT2D eigenvalue weighted by atomic mass is 10.2. The van der Waals surface area contributed by atoms with Crippen molar-refractivity contribution in [1.29, 1.82) is 0 Å². The van der Waals surface area contributed by atoms with Crippen molar-refractivity contribution in [2.45, 2.75) is 19.5 Å². The number of hydrogen-bond donors (Lipinski definition) is 0. The summed E-state index contributed by atoms with van der Waals surface area (Å²) >= 11 is 0. The minimum Gasteiger partial charge on any atom is -0.459 e. The molecule has 0 fully saturated rings. The minimum absolute atomic E-state index is 0.118. The Labute approximate surface area is 121 Å². The van der Waals surface area contributed by atoms with E-state index in [4.69, 9.17) is 8.83 Å². The van der Waals surface area contributed by atoms with Gasteiger partial charge in [0.2, 0.25) is 5.89 Å². The van der Waals surface area contributed by atoms with E-state index < -0.39 is 0 Å². The molecule has 0 aromatic carbocycles. The minimum atomic E-state index is 0.118. The van der Waals surface area contributed by atoms with Gasteiger partial charge in [0.05, 0.1) is 18.5 Å². The molecule has 0 aliphatic carbocycles. The molecule has 0 N–H and O–H groups in total. The zero-order valence-corrected chi connectivity index (χ0v) is 11.8. The van der Waals surface area contributed by atoms with Crippen LogP contribution in [-0.4, -0.2) is 32.1 Å². The third-order valence-corrected chi connectivity index (χ3v) is 3.28. The molecule has 0 aliphatic rings. The summed E-state index contributed by atoms with van der Waals surface area (Å²) in [6.07, 6.45) is 4.85. The average molecular weight is 285 g/mol. The Morgan fingerprint density at radius 3 is 2.90 bits per heavy atom. The van der Waals surface area contributed by atoms with Crippen molar-refractivity contribution < 1.29 is 8.83 Å². The number of furan rings is 1. The van der Waals surface area contributed by atoms with Gasteiger partial charge in [-0.3, -0.25) is 4.90 Å². The van der Waals surface area contributed by atoms with Gasteiger partial charge in [-0.05, 0) is 32.2 Å². The van der Waals surface area contributed by atoms with Gasteiger partial charge < -0.3 is 8.83 Å². The molecule has 21 heavy (non-hydrogen) atoms. The molecule has 1 atom stereocenters. The van der Waals surface area contributed by atoms with Crippen LogP contribution in [0, 0.1) is 0 Å². The molecule has 0 saturated carbocycles. The number of aromatic nitrogens is 4. The van der Waals surface area contributed by atoms with Gasteiger partial charge in [-0.1, -0.05) is 0 Å². The first-order valence-corrected chi connectivity index (χ1v) is 6.56. The molecular formula is C14H15N5O2. The summed E-state index contributed by atoms with van der Waals surface area (Å²) in [5.74, 6) is 1.49. The SMILES string of the molecule is CC(c1ccncn1)N(C)Cc1nnc(-c2ccco2)o1. The molecule has 0 spiro atoms. The summed E-state index contributed by atoms with van der Waals surface area (Å²) in [7, 11) is 1.98. The van der Waals surface area contributed by atoms with Crippen LogP contribution in [0.2, 0.25) is 0 Å². The molecule has 3 aromatic rings. The molecular weight excluding hydrogens is 270 g/mol. The lowest BCUT2D eigenvalue weighted by Crippen LogP contribution is -2.22. The molecule has 7 nitrogen and oxygen atoms in total. The highest BCUT2D eigenvalue weighted by molar-refractivity contribution is 5.42. The second-order valence-corrected chi connectivity index (χ2v) is 4.70. The van der Waals surface area contributed by atoms with Crippen LogP contribution >= 0.6 is 0 Å². The van der Waals surface area contributed by atoms with Gasteiger partial charge in [-0.2, -0.15) is 0 Å². The highest BCUT2D eigenvalue weighted by Crippen LogP contribution is 2.21. The van der Waals surface area contributed by atoms with Crippen molar-refractivity contribution in [3.05, 3.63) is 48.6 Å². The van der Waals surface area contributed by atoms with Crippen LogP contribution < -0.4 is 0 Å². The highest BCUT2D eigenvalue weighted by Gasteiger charge is 2.17. The first kappa shape index (κ1) is 13.4. The lowest BCUT2D eigenvalue weighted by Gasteiger charge is -2.22. The van der Waals surface area contributed by atoms with Crippen molar-refractivity contribution in [3.63, 3.8) is 0 Å². The molecule has 108 valence electrons. The van der Waals surface area contributed by atoms with Gasteiger partial charge in [-0.25, -0.2) is 9.97 Å². The van der Waals surface area contributed by atoms with Crippen molar-refractivity contribution >= 4 is 0 Å². The van der Waals surface area contributed by atoms with E-state index in [1.165, 1.54) is 0 Å². The van der Waals surface area contributed by atoms with E-state index in [0.717, 1.165) is 5.69 Å². The normalized spacial score (nSPS) is 12.7. The molecule has 1 unspecified atom stereocenters. The summed E-state index contributed by atoms with van der Waals surface area (Å²) < 4.78 is 10.8. The second-order valence-electron chi connectivity index (χ2n) is 4.70. The predicted octanol–water partition coefficient (Wildman–Crippen LogP) is 2.31. The molecule has 0 aliphatic heterocycles. The molecule has 7 heteroatoms. The Bertz CT molecular complexity index is 680. The average Bonchev–Trinajstić information content (AvgIpc) is 3.18. The lowest BCUT2D eigenvalue weighted by molar-refractivity contribution is 0.224. The topological polar surface area (TPSA) is 81.1 Å². The van der Waals surface area contributed by atoms with Gasteiger partial charge in [0, 0.05) is 12.2 Å². The van der Waals surface area contributed by atoms with Crippen LogP contribution in [-0.2, 0) is 6.54 Å². The fourth-order valence-corrected chi connectivity index (χ4v) is 1.94.